The number of methoxy groups -OCH3 is 1. The number of carbonyl (C=O) groups is 4. The van der Waals surface area contributed by atoms with Crippen molar-refractivity contribution in [2.45, 2.75) is 13.1 Å². The second-order valence-electron chi connectivity index (χ2n) is 8.31. The van der Waals surface area contributed by atoms with Crippen LogP contribution in [-0.2, 0) is 17.8 Å². The normalized spacial score (nSPS) is 10.3. The molecular weight excluding hydrogens is 742 g/mol. The van der Waals surface area contributed by atoms with Gasteiger partial charge in [0, 0.05) is 22.0 Å². The van der Waals surface area contributed by atoms with Crippen LogP contribution >= 0.6 is 54.5 Å². The summed E-state index contributed by atoms with van der Waals surface area (Å²) in [6.07, 6.45) is 0. The van der Waals surface area contributed by atoms with Gasteiger partial charge in [0.2, 0.25) is 0 Å². The second kappa shape index (κ2) is 15.0. The first-order valence-electron chi connectivity index (χ1n) is 11.7. The van der Waals surface area contributed by atoms with Crippen LogP contribution < -0.4 is 10.6 Å². The summed E-state index contributed by atoms with van der Waals surface area (Å²) >= 11 is 8.12. The van der Waals surface area contributed by atoms with Crippen LogP contribution in [-0.4, -0.2) is 46.2 Å². The summed E-state index contributed by atoms with van der Waals surface area (Å²) in [5, 5.41) is 32.6. The van der Waals surface area contributed by atoms with E-state index < -0.39 is 41.0 Å². The number of phenols is 2. The van der Waals surface area contributed by atoms with Crippen molar-refractivity contribution < 1.29 is 48.0 Å². The summed E-state index contributed by atoms with van der Waals surface area (Å²) in [4.78, 5) is 47.2. The van der Waals surface area contributed by atoms with Crippen molar-refractivity contribution in [3.05, 3.63) is 99.7 Å². The lowest BCUT2D eigenvalue weighted by Crippen LogP contribution is -2.21. The van der Waals surface area contributed by atoms with Gasteiger partial charge >= 0.3 is 11.9 Å². The lowest BCUT2D eigenvalue weighted by molar-refractivity contribution is 0.0604. The van der Waals surface area contributed by atoms with Crippen LogP contribution in [0.2, 0.25) is 0 Å². The third kappa shape index (κ3) is 9.06. The molecule has 0 aliphatic carbocycles. The molecule has 0 fully saturated rings. The maximum Gasteiger partial charge on any atom is 0.349 e. The summed E-state index contributed by atoms with van der Waals surface area (Å²) in [6.45, 7) is 0.209. The van der Waals surface area contributed by atoms with Gasteiger partial charge in [0.25, 0.3) is 11.8 Å². The van der Waals surface area contributed by atoms with Gasteiger partial charge in [-0.2, -0.15) is 0 Å². The van der Waals surface area contributed by atoms with Gasteiger partial charge in [-0.25, -0.2) is 18.4 Å². The summed E-state index contributed by atoms with van der Waals surface area (Å²) in [6, 6.07) is 10.5. The highest BCUT2D eigenvalue weighted by atomic mass is 79.9. The number of nitrogens with one attached hydrogen (secondary N) is 2. The van der Waals surface area contributed by atoms with Gasteiger partial charge in [-0.1, -0.05) is 12.1 Å². The quantitative estimate of drug-likeness (QED) is 0.136. The van der Waals surface area contributed by atoms with Crippen molar-refractivity contribution in [2.24, 2.45) is 0 Å². The lowest BCUT2D eigenvalue weighted by atomic mass is 10.2. The Morgan fingerprint density at radius 1 is 0.767 bits per heavy atom. The van der Waals surface area contributed by atoms with Crippen LogP contribution in [0, 0.1) is 11.6 Å². The van der Waals surface area contributed by atoms with Gasteiger partial charge in [-0.05, 0) is 79.4 Å². The summed E-state index contributed by atoms with van der Waals surface area (Å²) in [7, 11) is 1.26. The summed E-state index contributed by atoms with van der Waals surface area (Å²) in [5.74, 6) is -4.90. The van der Waals surface area contributed by atoms with Crippen LogP contribution in [0.15, 0.2) is 57.5 Å². The number of aromatic carboxylic acids is 1. The minimum atomic E-state index is -1.12. The summed E-state index contributed by atoms with van der Waals surface area (Å²) in [5.41, 5.74) is 1.08. The molecule has 43 heavy (non-hydrogen) atoms. The molecule has 0 radical (unpaired) electrons. The van der Waals surface area contributed by atoms with Crippen molar-refractivity contribution >= 4 is 78.3 Å². The first-order valence-corrected chi connectivity index (χ1v) is 14.9. The number of hydrogen-bond acceptors (Lipinski definition) is 9. The molecule has 0 bridgehead atoms. The highest BCUT2D eigenvalue weighted by molar-refractivity contribution is 9.11. The van der Waals surface area contributed by atoms with Crippen molar-refractivity contribution in [2.75, 3.05) is 7.11 Å². The predicted octanol–water partition coefficient (Wildman–Crippen LogP) is 6.06. The van der Waals surface area contributed by atoms with E-state index in [0.717, 1.165) is 34.8 Å². The maximum absolute atomic E-state index is 12.9. The molecule has 2 heterocycles. The lowest BCUT2D eigenvalue weighted by Gasteiger charge is -2.04. The molecule has 4 rings (SSSR count). The highest BCUT2D eigenvalue weighted by Crippen LogP contribution is 2.29. The fraction of sp³-hybridized carbons (Fsp3) is 0.111. The number of esters is 1. The fourth-order valence-electron chi connectivity index (χ4n) is 3.21. The first-order chi connectivity index (χ1) is 20.3. The van der Waals surface area contributed by atoms with Gasteiger partial charge in [0.05, 0.1) is 16.9 Å². The Bertz CT molecular complexity index is 1690. The fourth-order valence-corrected chi connectivity index (χ4v) is 6.48. The number of aromatic hydroxyl groups is 2. The number of carboxylic acid groups (broad SMARTS) is 1. The zero-order chi connectivity index (χ0) is 31.8. The molecule has 2 aromatic heterocycles. The number of benzene rings is 2. The molecule has 10 nitrogen and oxygen atoms in total. The van der Waals surface area contributed by atoms with Gasteiger partial charge in [-0.15, -0.1) is 22.7 Å². The van der Waals surface area contributed by atoms with Crippen LogP contribution in [0.4, 0.5) is 8.78 Å². The second-order valence-corrected chi connectivity index (χ2v) is 12.1. The molecule has 16 heteroatoms. The van der Waals surface area contributed by atoms with Gasteiger partial charge in [0.1, 0.15) is 9.75 Å². The van der Waals surface area contributed by atoms with E-state index in [0.29, 0.717) is 29.8 Å². The predicted molar refractivity (Wildman–Crippen MR) is 161 cm³/mol. The van der Waals surface area contributed by atoms with E-state index in [4.69, 9.17) is 5.11 Å². The minimum Gasteiger partial charge on any atom is -0.505 e. The van der Waals surface area contributed by atoms with Crippen LogP contribution in [0.5, 0.6) is 11.5 Å². The average Bonchev–Trinajstić information content (AvgIpc) is 3.56. The molecule has 0 spiro atoms. The number of rotatable bonds is 8. The zero-order valence-electron chi connectivity index (χ0n) is 21.7. The SMILES string of the molecule is COC(=O)c1sc(C(=O)NCc2ccc(F)c(O)c2)cc1Br.O=C(NCc1ccc(F)c(O)c1)c1cc(Br)c(C(=O)O)s1. The number of hydrogen-bond donors (Lipinski definition) is 5. The third-order valence-corrected chi connectivity index (χ3v) is 9.32. The Hall–Kier alpha value is -3.86. The third-order valence-electron chi connectivity index (χ3n) is 5.31. The molecule has 2 amide bonds. The van der Waals surface area contributed by atoms with E-state index >= 15 is 0 Å². The van der Waals surface area contributed by atoms with Gasteiger partial charge in [0.15, 0.2) is 23.1 Å². The molecule has 4 aromatic rings. The number of ether oxygens (including phenoxy) is 1. The molecule has 5 N–H and O–H groups in total. The van der Waals surface area contributed by atoms with E-state index in [2.05, 4.69) is 47.2 Å². The Morgan fingerprint density at radius 3 is 1.56 bits per heavy atom. The molecular formula is C27H20Br2F2N2O8S2. The highest BCUT2D eigenvalue weighted by Gasteiger charge is 2.19. The Labute approximate surface area is 267 Å². The number of carbonyl (C=O) groups excluding carboxylic acids is 3. The molecule has 0 saturated heterocycles. The zero-order valence-corrected chi connectivity index (χ0v) is 26.5. The van der Waals surface area contributed by atoms with Crippen molar-refractivity contribution in [1.82, 2.24) is 10.6 Å². The number of halogens is 4. The van der Waals surface area contributed by atoms with Crippen molar-refractivity contribution in [3.63, 3.8) is 0 Å². The molecule has 0 atom stereocenters. The van der Waals surface area contributed by atoms with E-state index in [9.17, 15) is 38.2 Å². The number of amides is 2. The summed E-state index contributed by atoms with van der Waals surface area (Å²) < 4.78 is 31.3. The monoisotopic (exact) mass is 760 g/mol. The largest absolute Gasteiger partial charge is 0.505 e. The Morgan fingerprint density at radius 2 is 1.19 bits per heavy atom. The Balaban J connectivity index is 0.000000236. The molecule has 0 aliphatic rings. The van der Waals surface area contributed by atoms with Gasteiger partial charge in [-0.3, -0.25) is 9.59 Å². The molecule has 0 aliphatic heterocycles. The maximum atomic E-state index is 12.9. The molecule has 0 saturated carbocycles. The molecule has 0 unspecified atom stereocenters. The van der Waals surface area contributed by atoms with Crippen molar-refractivity contribution in [3.8, 4) is 11.5 Å². The van der Waals surface area contributed by atoms with Crippen LogP contribution in [0.25, 0.3) is 0 Å². The topological polar surface area (TPSA) is 162 Å². The Kier molecular flexibility index (Phi) is 11.8. The first kappa shape index (κ1) is 33.6. The van der Waals surface area contributed by atoms with Crippen LogP contribution in [0.1, 0.15) is 49.8 Å². The smallest absolute Gasteiger partial charge is 0.349 e. The number of phenolic OH excluding ortho intramolecular Hbond substituents is 2. The standard InChI is InChI=1S/C14H11BrFNO4S.C13H9BrFNO4S/c1-21-14(20)12-8(15)5-11(22-12)13(19)17-6-7-2-3-9(16)10(18)4-7;14-7-4-10(21-11(7)13(19)20)12(18)16-5-6-1-2-8(15)9(17)3-6/h2-5,18H,6H2,1H3,(H,17,19);1-4,17H,5H2,(H,16,18)(H,19,20). The van der Waals surface area contributed by atoms with Crippen molar-refractivity contribution in [1.29, 1.82) is 0 Å². The molecule has 226 valence electrons. The number of thiophene rings is 2. The van der Waals surface area contributed by atoms with E-state index in [-0.39, 0.29) is 28.8 Å². The molecule has 2 aromatic carbocycles. The average molecular weight is 762 g/mol. The minimum absolute atomic E-state index is 0.0413. The van der Waals surface area contributed by atoms with E-state index in [1.807, 2.05) is 0 Å². The van der Waals surface area contributed by atoms with E-state index in [1.165, 1.54) is 43.5 Å². The number of carboxylic acids is 1. The van der Waals surface area contributed by atoms with Gasteiger partial charge < -0.3 is 30.7 Å². The van der Waals surface area contributed by atoms with E-state index in [1.54, 1.807) is 0 Å². The van der Waals surface area contributed by atoms with Crippen LogP contribution in [0.3, 0.4) is 0 Å².